The van der Waals surface area contributed by atoms with Crippen molar-refractivity contribution in [3.05, 3.63) is 127 Å². The summed E-state index contributed by atoms with van der Waals surface area (Å²) in [5.41, 5.74) is 6.22. The van der Waals surface area contributed by atoms with Gasteiger partial charge in [-0.15, -0.1) is 22.7 Å². The summed E-state index contributed by atoms with van der Waals surface area (Å²) in [6, 6.07) is 46.7. The number of nitrogens with zero attached hydrogens (tertiary/aromatic N) is 1. The Hall–Kier alpha value is -4.44. The fourth-order valence-electron chi connectivity index (χ4n) is 6.29. The lowest BCUT2D eigenvalue weighted by Crippen LogP contribution is -1.93. The first-order valence-electron chi connectivity index (χ1n) is 13.2. The average molecular weight is 532 g/mol. The zero-order valence-corrected chi connectivity index (χ0v) is 22.5. The van der Waals surface area contributed by atoms with Crippen LogP contribution in [0.15, 0.2) is 127 Å². The fraction of sp³-hybridized carbons (Fsp3) is 0. The molecule has 182 valence electrons. The standard InChI is InChI=1S/C36H21NS2/c1-2-9-23(10-3-1)37-30-15-6-4-11-25(30)26-18-17-22(21-31(26)37)24-13-8-14-27-28-19-20-33-34(36(28)39-35(24)27)29-12-5-7-16-32(29)38-33/h1-21H. The van der Waals surface area contributed by atoms with Crippen molar-refractivity contribution in [1.29, 1.82) is 0 Å². The molecule has 0 radical (unpaired) electrons. The lowest BCUT2D eigenvalue weighted by atomic mass is 10.0. The Balaban J connectivity index is 1.35. The Labute approximate surface area is 232 Å². The fourth-order valence-corrected chi connectivity index (χ4v) is 8.86. The third-order valence-corrected chi connectivity index (χ3v) is 10.4. The molecule has 9 rings (SSSR count). The molecule has 3 heterocycles. The molecule has 0 N–H and O–H groups in total. The minimum atomic E-state index is 1.19. The zero-order chi connectivity index (χ0) is 25.5. The number of hydrogen-bond acceptors (Lipinski definition) is 2. The second-order valence-corrected chi connectivity index (χ2v) is 12.2. The molecule has 0 atom stereocenters. The van der Waals surface area contributed by atoms with Gasteiger partial charge in [0, 0.05) is 56.8 Å². The van der Waals surface area contributed by atoms with Gasteiger partial charge in [-0.25, -0.2) is 0 Å². The first kappa shape index (κ1) is 21.5. The van der Waals surface area contributed by atoms with E-state index in [-0.39, 0.29) is 0 Å². The summed E-state index contributed by atoms with van der Waals surface area (Å²) in [4.78, 5) is 0. The largest absolute Gasteiger partial charge is 0.309 e. The van der Waals surface area contributed by atoms with Crippen molar-refractivity contribution < 1.29 is 0 Å². The molecule has 0 fully saturated rings. The zero-order valence-electron chi connectivity index (χ0n) is 20.9. The molecular weight excluding hydrogens is 511 g/mol. The molecule has 0 saturated carbocycles. The lowest BCUT2D eigenvalue weighted by Gasteiger charge is -2.09. The summed E-state index contributed by atoms with van der Waals surface area (Å²) >= 11 is 3.84. The van der Waals surface area contributed by atoms with Gasteiger partial charge in [0.2, 0.25) is 0 Å². The van der Waals surface area contributed by atoms with E-state index in [1.165, 1.54) is 79.0 Å². The van der Waals surface area contributed by atoms with Crippen LogP contribution in [0.5, 0.6) is 0 Å². The Bertz CT molecular complexity index is 2390. The first-order valence-corrected chi connectivity index (χ1v) is 14.8. The molecule has 0 amide bonds. The van der Waals surface area contributed by atoms with E-state index in [1.54, 1.807) is 0 Å². The number of benzene rings is 6. The number of fused-ring (bicyclic) bond motifs is 10. The number of aromatic nitrogens is 1. The maximum atomic E-state index is 2.40. The summed E-state index contributed by atoms with van der Waals surface area (Å²) in [6.07, 6.45) is 0. The van der Waals surface area contributed by atoms with E-state index in [4.69, 9.17) is 0 Å². The Morgan fingerprint density at radius 1 is 0.436 bits per heavy atom. The van der Waals surface area contributed by atoms with Crippen LogP contribution >= 0.6 is 22.7 Å². The van der Waals surface area contributed by atoms with Crippen LogP contribution in [0.2, 0.25) is 0 Å². The number of hydrogen-bond donors (Lipinski definition) is 0. The monoisotopic (exact) mass is 531 g/mol. The lowest BCUT2D eigenvalue weighted by molar-refractivity contribution is 1.18. The highest BCUT2D eigenvalue weighted by molar-refractivity contribution is 7.30. The highest BCUT2D eigenvalue weighted by Gasteiger charge is 2.17. The third-order valence-electron chi connectivity index (χ3n) is 8.00. The Kier molecular flexibility index (Phi) is 4.43. The smallest absolute Gasteiger partial charge is 0.0547 e. The molecule has 0 unspecified atom stereocenters. The minimum absolute atomic E-state index is 1.19. The maximum Gasteiger partial charge on any atom is 0.0547 e. The predicted octanol–water partition coefficient (Wildman–Crippen LogP) is 11.2. The molecule has 3 aromatic heterocycles. The average Bonchev–Trinajstić information content (AvgIpc) is 3.66. The molecule has 0 saturated heterocycles. The van der Waals surface area contributed by atoms with E-state index in [1.807, 2.05) is 22.7 Å². The second kappa shape index (κ2) is 8.03. The van der Waals surface area contributed by atoms with Gasteiger partial charge in [0.15, 0.2) is 0 Å². The van der Waals surface area contributed by atoms with Gasteiger partial charge in [0.1, 0.15) is 0 Å². The van der Waals surface area contributed by atoms with E-state index in [0.717, 1.165) is 0 Å². The molecule has 6 aromatic carbocycles. The summed E-state index contributed by atoms with van der Waals surface area (Å²) in [5, 5.41) is 8.04. The van der Waals surface area contributed by atoms with Crippen LogP contribution in [0.1, 0.15) is 0 Å². The summed E-state index contributed by atoms with van der Waals surface area (Å²) in [6.45, 7) is 0. The SMILES string of the molecule is c1ccc(-n2c3ccccc3c3ccc(-c4cccc5c4sc4c5ccc5sc6ccccc6c54)cc32)cc1. The van der Waals surface area contributed by atoms with Gasteiger partial charge in [0.25, 0.3) is 0 Å². The molecule has 3 heteroatoms. The summed E-state index contributed by atoms with van der Waals surface area (Å²) in [5.74, 6) is 0. The quantitative estimate of drug-likeness (QED) is 0.209. The van der Waals surface area contributed by atoms with Gasteiger partial charge in [-0.2, -0.15) is 0 Å². The molecule has 0 bridgehead atoms. The van der Waals surface area contributed by atoms with Crippen molar-refractivity contribution in [2.45, 2.75) is 0 Å². The van der Waals surface area contributed by atoms with Gasteiger partial charge in [-0.05, 0) is 47.5 Å². The highest BCUT2D eigenvalue weighted by Crippen LogP contribution is 2.47. The molecule has 0 aliphatic rings. The maximum absolute atomic E-state index is 2.40. The topological polar surface area (TPSA) is 4.93 Å². The van der Waals surface area contributed by atoms with Crippen LogP contribution in [0, 0.1) is 0 Å². The summed E-state index contributed by atoms with van der Waals surface area (Å²) < 4.78 is 7.88. The van der Waals surface area contributed by atoms with Crippen LogP contribution in [0.3, 0.4) is 0 Å². The van der Waals surface area contributed by atoms with E-state index >= 15 is 0 Å². The molecule has 0 aliphatic heterocycles. The van der Waals surface area contributed by atoms with E-state index in [0.29, 0.717) is 0 Å². The van der Waals surface area contributed by atoms with Gasteiger partial charge in [-0.1, -0.05) is 91.0 Å². The second-order valence-electron chi connectivity index (χ2n) is 10.1. The predicted molar refractivity (Wildman–Crippen MR) is 172 cm³/mol. The molecule has 9 aromatic rings. The van der Waals surface area contributed by atoms with Crippen LogP contribution in [-0.4, -0.2) is 4.57 Å². The normalized spacial score (nSPS) is 12.1. The third kappa shape index (κ3) is 3.00. The minimum Gasteiger partial charge on any atom is -0.309 e. The van der Waals surface area contributed by atoms with Crippen LogP contribution in [0.25, 0.3) is 79.0 Å². The Morgan fingerprint density at radius 3 is 2.08 bits per heavy atom. The molecule has 0 aliphatic carbocycles. The van der Waals surface area contributed by atoms with Crippen molar-refractivity contribution in [3.63, 3.8) is 0 Å². The Morgan fingerprint density at radius 2 is 1.15 bits per heavy atom. The number of para-hydroxylation sites is 2. The van der Waals surface area contributed by atoms with Crippen molar-refractivity contribution in [1.82, 2.24) is 4.57 Å². The van der Waals surface area contributed by atoms with E-state index in [9.17, 15) is 0 Å². The van der Waals surface area contributed by atoms with E-state index < -0.39 is 0 Å². The van der Waals surface area contributed by atoms with E-state index in [2.05, 4.69) is 132 Å². The molecule has 0 spiro atoms. The highest BCUT2D eigenvalue weighted by atomic mass is 32.1. The van der Waals surface area contributed by atoms with Crippen molar-refractivity contribution in [2.24, 2.45) is 0 Å². The van der Waals surface area contributed by atoms with Crippen LogP contribution in [-0.2, 0) is 0 Å². The number of thiophene rings is 2. The number of rotatable bonds is 2. The van der Waals surface area contributed by atoms with Gasteiger partial charge in [0.05, 0.1) is 11.0 Å². The molecular formula is C36H21NS2. The first-order chi connectivity index (χ1) is 19.3. The van der Waals surface area contributed by atoms with Gasteiger partial charge < -0.3 is 4.57 Å². The van der Waals surface area contributed by atoms with Crippen molar-refractivity contribution in [3.8, 4) is 16.8 Å². The molecule has 1 nitrogen and oxygen atoms in total. The molecule has 39 heavy (non-hydrogen) atoms. The van der Waals surface area contributed by atoms with Crippen LogP contribution in [0.4, 0.5) is 0 Å². The summed E-state index contributed by atoms with van der Waals surface area (Å²) in [7, 11) is 0. The van der Waals surface area contributed by atoms with Crippen molar-refractivity contribution >= 4 is 84.8 Å². The van der Waals surface area contributed by atoms with Crippen molar-refractivity contribution in [2.75, 3.05) is 0 Å². The van der Waals surface area contributed by atoms with Gasteiger partial charge in [-0.3, -0.25) is 0 Å². The van der Waals surface area contributed by atoms with Gasteiger partial charge >= 0.3 is 0 Å². The van der Waals surface area contributed by atoms with Crippen LogP contribution < -0.4 is 0 Å².